The summed E-state index contributed by atoms with van der Waals surface area (Å²) in [7, 11) is -5.09. The lowest BCUT2D eigenvalue weighted by Crippen LogP contribution is -2.49. The van der Waals surface area contributed by atoms with E-state index >= 15 is 0 Å². The van der Waals surface area contributed by atoms with Crippen molar-refractivity contribution in [2.24, 2.45) is 0 Å². The molecule has 0 spiro atoms. The molecule has 2 saturated heterocycles. The van der Waals surface area contributed by atoms with Crippen LogP contribution in [-0.2, 0) is 25.4 Å². The maximum absolute atomic E-state index is 14.1. The summed E-state index contributed by atoms with van der Waals surface area (Å²) < 4.78 is 51.7. The smallest absolute Gasteiger partial charge is 0.210 e. The summed E-state index contributed by atoms with van der Waals surface area (Å²) in [5.74, 6) is 0.652. The molecule has 2 fully saturated rings. The molecule has 1 unspecified atom stereocenters. The van der Waals surface area contributed by atoms with Gasteiger partial charge in [0.2, 0.25) is 9.84 Å². The summed E-state index contributed by atoms with van der Waals surface area (Å²) in [6.45, 7) is 7.55. The van der Waals surface area contributed by atoms with E-state index in [1.165, 1.54) is 6.20 Å². The van der Waals surface area contributed by atoms with Crippen LogP contribution in [0.4, 0.5) is 5.69 Å². The molecule has 0 aliphatic carbocycles. The van der Waals surface area contributed by atoms with E-state index in [9.17, 15) is 12.6 Å². The van der Waals surface area contributed by atoms with Crippen molar-refractivity contribution in [2.75, 3.05) is 57.2 Å². The lowest BCUT2D eigenvalue weighted by Gasteiger charge is -2.41. The normalized spacial score (nSPS) is 18.4. The number of anilines is 1. The van der Waals surface area contributed by atoms with Crippen LogP contribution in [0.1, 0.15) is 32.6 Å². The van der Waals surface area contributed by atoms with Crippen LogP contribution in [0.5, 0.6) is 5.75 Å². The van der Waals surface area contributed by atoms with Gasteiger partial charge in [0.25, 0.3) is 0 Å². The van der Waals surface area contributed by atoms with E-state index in [2.05, 4.69) is 21.7 Å². The summed E-state index contributed by atoms with van der Waals surface area (Å²) in [5, 5.41) is 0.716. The van der Waals surface area contributed by atoms with Gasteiger partial charge in [-0.05, 0) is 61.7 Å². The lowest BCUT2D eigenvalue weighted by atomic mass is 10.0. The molecule has 8 nitrogen and oxygen atoms in total. The Morgan fingerprint density at radius 2 is 1.77 bits per heavy atom. The van der Waals surface area contributed by atoms with Crippen molar-refractivity contribution < 1.29 is 22.1 Å². The largest absolute Gasteiger partial charge is 0.494 e. The topological polar surface area (TPSA) is 89.0 Å². The van der Waals surface area contributed by atoms with Crippen LogP contribution in [0.2, 0.25) is 0 Å². The van der Waals surface area contributed by atoms with Crippen molar-refractivity contribution in [1.29, 1.82) is 0 Å². The zero-order valence-electron chi connectivity index (χ0n) is 22.7. The second-order valence-corrected chi connectivity index (χ2v) is 13.4. The number of hydrogen-bond donors (Lipinski definition) is 0. The molecule has 10 heteroatoms. The number of nitrogens with zero attached hydrogens (tertiary/aromatic N) is 3. The third kappa shape index (κ3) is 6.14. The summed E-state index contributed by atoms with van der Waals surface area (Å²) >= 11 is 0. The van der Waals surface area contributed by atoms with Gasteiger partial charge in [0, 0.05) is 65.8 Å². The minimum absolute atomic E-state index is 0.179. The number of morpholine rings is 1. The lowest BCUT2D eigenvalue weighted by molar-refractivity contribution is 0.0115. The first-order valence-electron chi connectivity index (χ1n) is 13.7. The van der Waals surface area contributed by atoms with Gasteiger partial charge in [-0.3, -0.25) is 14.1 Å². The van der Waals surface area contributed by atoms with Crippen molar-refractivity contribution in [3.05, 3.63) is 48.7 Å². The Morgan fingerprint density at radius 1 is 1.05 bits per heavy atom. The van der Waals surface area contributed by atoms with E-state index < -0.39 is 20.6 Å². The molecule has 0 radical (unpaired) electrons. The molecule has 2 aromatic carbocycles. The van der Waals surface area contributed by atoms with E-state index in [1.54, 1.807) is 36.6 Å². The first kappa shape index (κ1) is 28.0. The molecule has 39 heavy (non-hydrogen) atoms. The zero-order chi connectivity index (χ0) is 27.4. The standard InChI is InChI=1S/C29H37N3O5S2/c1-3-4-17-37-23-5-8-25(9-6-23)39(34,35)28-21-30-27-10-7-24(38(2)33)20-26(27)29(28)32-13-11-22(12-14-32)31-15-18-36-19-16-31/h5-10,20-22H,3-4,11-19H2,1-2H3. The highest BCUT2D eigenvalue weighted by Crippen LogP contribution is 2.38. The van der Waals surface area contributed by atoms with Gasteiger partial charge in [0.1, 0.15) is 10.6 Å². The van der Waals surface area contributed by atoms with Crippen LogP contribution in [-0.4, -0.2) is 80.8 Å². The van der Waals surface area contributed by atoms with Gasteiger partial charge in [-0.2, -0.15) is 0 Å². The minimum Gasteiger partial charge on any atom is -0.494 e. The van der Waals surface area contributed by atoms with Gasteiger partial charge < -0.3 is 14.4 Å². The number of fused-ring (bicyclic) bond motifs is 1. The summed E-state index contributed by atoms with van der Waals surface area (Å²) in [5.41, 5.74) is 1.34. The fourth-order valence-corrected chi connectivity index (χ4v) is 7.39. The maximum atomic E-state index is 14.1. The Labute approximate surface area is 233 Å². The molecular formula is C29H37N3O5S2. The number of ether oxygens (including phenoxy) is 2. The fraction of sp³-hybridized carbons (Fsp3) is 0.483. The van der Waals surface area contributed by atoms with Crippen LogP contribution in [0.15, 0.2) is 63.3 Å². The fourth-order valence-electron chi connectivity index (χ4n) is 5.41. The van der Waals surface area contributed by atoms with Crippen molar-refractivity contribution in [1.82, 2.24) is 9.88 Å². The average Bonchev–Trinajstić information content (AvgIpc) is 2.97. The third-order valence-electron chi connectivity index (χ3n) is 7.64. The van der Waals surface area contributed by atoms with E-state index in [0.717, 1.165) is 65.1 Å². The highest BCUT2D eigenvalue weighted by Gasteiger charge is 2.31. The molecular weight excluding hydrogens is 534 g/mol. The molecule has 0 bridgehead atoms. The Bertz CT molecular complexity index is 1410. The molecule has 1 atom stereocenters. The Balaban J connectivity index is 1.51. The number of hydrogen-bond acceptors (Lipinski definition) is 8. The number of piperidine rings is 1. The Hall–Kier alpha value is -2.53. The van der Waals surface area contributed by atoms with Gasteiger partial charge in [-0.25, -0.2) is 8.42 Å². The van der Waals surface area contributed by atoms with Gasteiger partial charge in [0.15, 0.2) is 0 Å². The van der Waals surface area contributed by atoms with Crippen molar-refractivity contribution in [3.8, 4) is 5.75 Å². The van der Waals surface area contributed by atoms with Crippen LogP contribution in [0.3, 0.4) is 0 Å². The summed E-state index contributed by atoms with van der Waals surface area (Å²) in [6, 6.07) is 12.6. The first-order chi connectivity index (χ1) is 18.9. The summed E-state index contributed by atoms with van der Waals surface area (Å²) in [4.78, 5) is 10.2. The first-order valence-corrected chi connectivity index (χ1v) is 16.7. The predicted molar refractivity (Wildman–Crippen MR) is 154 cm³/mol. The molecule has 0 amide bonds. The van der Waals surface area contributed by atoms with E-state index in [4.69, 9.17) is 9.47 Å². The van der Waals surface area contributed by atoms with Crippen LogP contribution < -0.4 is 9.64 Å². The molecule has 3 heterocycles. The second kappa shape index (κ2) is 12.3. The van der Waals surface area contributed by atoms with E-state index in [1.807, 2.05) is 12.1 Å². The monoisotopic (exact) mass is 571 g/mol. The Morgan fingerprint density at radius 3 is 2.44 bits per heavy atom. The van der Waals surface area contributed by atoms with Crippen LogP contribution in [0, 0.1) is 0 Å². The summed E-state index contributed by atoms with van der Waals surface area (Å²) in [6.07, 6.45) is 6.96. The quantitative estimate of drug-likeness (QED) is 0.352. The molecule has 0 N–H and O–H groups in total. The number of benzene rings is 2. The molecule has 1 aromatic heterocycles. The van der Waals surface area contributed by atoms with Crippen molar-refractivity contribution in [3.63, 3.8) is 0 Å². The van der Waals surface area contributed by atoms with E-state index in [0.29, 0.717) is 39.9 Å². The van der Waals surface area contributed by atoms with Crippen molar-refractivity contribution >= 4 is 37.2 Å². The average molecular weight is 572 g/mol. The molecule has 5 rings (SSSR count). The van der Waals surface area contributed by atoms with Gasteiger partial charge in [0.05, 0.1) is 35.9 Å². The number of aromatic nitrogens is 1. The minimum atomic E-state index is -3.88. The molecule has 3 aromatic rings. The third-order valence-corrected chi connectivity index (χ3v) is 10.3. The van der Waals surface area contributed by atoms with E-state index in [-0.39, 0.29) is 9.79 Å². The molecule has 0 saturated carbocycles. The maximum Gasteiger partial charge on any atom is 0.210 e. The molecule has 2 aliphatic heterocycles. The second-order valence-electron chi connectivity index (χ2n) is 10.1. The van der Waals surface area contributed by atoms with Crippen molar-refractivity contribution in [2.45, 2.75) is 53.3 Å². The van der Waals surface area contributed by atoms with Gasteiger partial charge >= 0.3 is 0 Å². The Kier molecular flexibility index (Phi) is 8.86. The molecule has 2 aliphatic rings. The SMILES string of the molecule is CCCCOc1ccc(S(=O)(=O)c2cnc3ccc(S(C)=O)cc3c2N2CCC(N3CCOCC3)CC2)cc1. The highest BCUT2D eigenvalue weighted by atomic mass is 32.2. The zero-order valence-corrected chi connectivity index (χ0v) is 24.3. The number of pyridine rings is 1. The van der Waals surface area contributed by atoms with Crippen LogP contribution in [0.25, 0.3) is 10.9 Å². The van der Waals surface area contributed by atoms with Crippen LogP contribution >= 0.6 is 0 Å². The number of unbranched alkanes of at least 4 members (excludes halogenated alkanes) is 1. The van der Waals surface area contributed by atoms with Gasteiger partial charge in [-0.15, -0.1) is 0 Å². The molecule has 210 valence electrons. The number of rotatable bonds is 9. The highest BCUT2D eigenvalue weighted by molar-refractivity contribution is 7.91. The van der Waals surface area contributed by atoms with Gasteiger partial charge in [-0.1, -0.05) is 13.3 Å². The number of sulfone groups is 1. The predicted octanol–water partition coefficient (Wildman–Crippen LogP) is 4.28.